The van der Waals surface area contributed by atoms with Gasteiger partial charge in [-0.05, 0) is 18.9 Å². The van der Waals surface area contributed by atoms with Crippen molar-refractivity contribution in [3.63, 3.8) is 0 Å². The van der Waals surface area contributed by atoms with E-state index in [1.807, 2.05) is 4.90 Å². The van der Waals surface area contributed by atoms with Crippen molar-refractivity contribution < 1.29 is 14.3 Å². The molecule has 0 aromatic carbocycles. The number of hydrogen-bond donors (Lipinski definition) is 1. The monoisotopic (exact) mass is 195 g/mol. The Hall–Kier alpha value is -1.29. The Morgan fingerprint density at radius 3 is 2.71 bits per heavy atom. The zero-order chi connectivity index (χ0) is 9.97. The Bertz CT molecular complexity index is 313. The molecule has 4 heteroatoms. The predicted octanol–water partition coefficient (Wildman–Crippen LogP) is 1.05. The van der Waals surface area contributed by atoms with Crippen molar-refractivity contribution in [3.05, 3.63) is 17.9 Å². The molecule has 1 fully saturated rings. The summed E-state index contributed by atoms with van der Waals surface area (Å²) < 4.78 is 5.28. The number of carbonyl (C=O) groups excluding carboxylic acids is 1. The van der Waals surface area contributed by atoms with Gasteiger partial charge in [0.1, 0.15) is 0 Å². The molecule has 1 saturated heterocycles. The first-order chi connectivity index (χ1) is 6.79. The van der Waals surface area contributed by atoms with E-state index in [0.717, 1.165) is 31.8 Å². The van der Waals surface area contributed by atoms with Crippen LogP contribution in [0.2, 0.25) is 0 Å². The lowest BCUT2D eigenvalue weighted by Gasteiger charge is -2.29. The van der Waals surface area contributed by atoms with Gasteiger partial charge in [0.15, 0.2) is 17.9 Å². The molecule has 0 unspecified atom stereocenters. The number of furan rings is 1. The fraction of sp³-hybridized carbons (Fsp3) is 0.500. The number of aliphatic hydroxyl groups is 1. The maximum absolute atomic E-state index is 10.4. The van der Waals surface area contributed by atoms with Crippen LogP contribution in [0.5, 0.6) is 0 Å². The van der Waals surface area contributed by atoms with E-state index in [1.54, 1.807) is 12.1 Å². The van der Waals surface area contributed by atoms with Crippen molar-refractivity contribution in [2.75, 3.05) is 18.0 Å². The third-order valence-corrected chi connectivity index (χ3v) is 2.50. The van der Waals surface area contributed by atoms with Crippen molar-refractivity contribution in [3.8, 4) is 0 Å². The summed E-state index contributed by atoms with van der Waals surface area (Å²) in [4.78, 5) is 12.4. The molecule has 14 heavy (non-hydrogen) atoms. The van der Waals surface area contributed by atoms with Crippen molar-refractivity contribution in [1.29, 1.82) is 0 Å². The maximum Gasteiger partial charge on any atom is 0.196 e. The molecule has 0 amide bonds. The van der Waals surface area contributed by atoms with Crippen LogP contribution in [0.1, 0.15) is 23.4 Å². The Kier molecular flexibility index (Phi) is 2.54. The van der Waals surface area contributed by atoms with Crippen LogP contribution in [-0.2, 0) is 0 Å². The number of aliphatic hydroxyl groups excluding tert-OH is 1. The second kappa shape index (κ2) is 3.84. The topological polar surface area (TPSA) is 53.7 Å². The van der Waals surface area contributed by atoms with Crippen molar-refractivity contribution in [2.24, 2.45) is 0 Å². The van der Waals surface area contributed by atoms with Gasteiger partial charge >= 0.3 is 0 Å². The smallest absolute Gasteiger partial charge is 0.196 e. The van der Waals surface area contributed by atoms with E-state index < -0.39 is 0 Å². The number of carbonyl (C=O) groups is 1. The molecule has 0 radical (unpaired) electrons. The summed E-state index contributed by atoms with van der Waals surface area (Å²) in [6, 6.07) is 3.45. The second-order valence-electron chi connectivity index (χ2n) is 3.51. The second-order valence-corrected chi connectivity index (χ2v) is 3.51. The fourth-order valence-electron chi connectivity index (χ4n) is 1.66. The Morgan fingerprint density at radius 1 is 1.43 bits per heavy atom. The molecule has 1 N–H and O–H groups in total. The highest BCUT2D eigenvalue weighted by Gasteiger charge is 2.19. The standard InChI is InChI=1S/C10H13NO3/c12-7-9-1-2-10(14-9)11-5-3-8(13)4-6-11/h1-2,7-8,13H,3-6H2. The Labute approximate surface area is 82.1 Å². The molecule has 0 aliphatic carbocycles. The lowest BCUT2D eigenvalue weighted by Crippen LogP contribution is -2.35. The number of piperidine rings is 1. The molecular weight excluding hydrogens is 182 g/mol. The molecule has 0 spiro atoms. The SMILES string of the molecule is O=Cc1ccc(N2CCC(O)CC2)o1. The molecule has 2 rings (SSSR count). The summed E-state index contributed by atoms with van der Waals surface area (Å²) in [6.45, 7) is 1.57. The van der Waals surface area contributed by atoms with E-state index in [0.29, 0.717) is 12.0 Å². The van der Waals surface area contributed by atoms with Gasteiger partial charge in [-0.1, -0.05) is 0 Å². The summed E-state index contributed by atoms with van der Waals surface area (Å²) in [6.07, 6.45) is 2.03. The van der Waals surface area contributed by atoms with Crippen LogP contribution >= 0.6 is 0 Å². The average molecular weight is 195 g/mol. The first kappa shape index (κ1) is 9.27. The third-order valence-electron chi connectivity index (χ3n) is 2.50. The first-order valence-electron chi connectivity index (χ1n) is 4.77. The number of anilines is 1. The van der Waals surface area contributed by atoms with Crippen LogP contribution in [0.4, 0.5) is 5.88 Å². The van der Waals surface area contributed by atoms with Gasteiger partial charge in [0.25, 0.3) is 0 Å². The van der Waals surface area contributed by atoms with Crippen LogP contribution in [0.15, 0.2) is 16.5 Å². The molecule has 1 aromatic rings. The van der Waals surface area contributed by atoms with Gasteiger partial charge < -0.3 is 14.4 Å². The summed E-state index contributed by atoms with van der Waals surface area (Å²) in [5, 5.41) is 9.31. The van der Waals surface area contributed by atoms with Gasteiger partial charge in [-0.2, -0.15) is 0 Å². The molecule has 1 aromatic heterocycles. The molecule has 0 atom stereocenters. The molecule has 4 nitrogen and oxygen atoms in total. The van der Waals surface area contributed by atoms with Crippen LogP contribution in [0.25, 0.3) is 0 Å². The van der Waals surface area contributed by atoms with Crippen molar-refractivity contribution in [2.45, 2.75) is 18.9 Å². The molecule has 2 heterocycles. The highest BCUT2D eigenvalue weighted by Crippen LogP contribution is 2.21. The molecular formula is C10H13NO3. The minimum atomic E-state index is -0.188. The van der Waals surface area contributed by atoms with E-state index in [2.05, 4.69) is 0 Å². The van der Waals surface area contributed by atoms with Crippen LogP contribution in [0, 0.1) is 0 Å². The number of aldehydes is 1. The van der Waals surface area contributed by atoms with Gasteiger partial charge in [0.2, 0.25) is 0 Å². The zero-order valence-corrected chi connectivity index (χ0v) is 7.85. The zero-order valence-electron chi connectivity index (χ0n) is 7.85. The average Bonchev–Trinajstić information content (AvgIpc) is 2.67. The Balaban J connectivity index is 2.04. The fourth-order valence-corrected chi connectivity index (χ4v) is 1.66. The largest absolute Gasteiger partial charge is 0.438 e. The molecule has 0 saturated carbocycles. The van der Waals surface area contributed by atoms with Crippen LogP contribution in [0.3, 0.4) is 0 Å². The Morgan fingerprint density at radius 2 is 2.14 bits per heavy atom. The van der Waals surface area contributed by atoms with Crippen molar-refractivity contribution >= 4 is 12.2 Å². The summed E-state index contributed by atoms with van der Waals surface area (Å²) in [7, 11) is 0. The van der Waals surface area contributed by atoms with Gasteiger partial charge in [0.05, 0.1) is 6.10 Å². The van der Waals surface area contributed by atoms with E-state index in [4.69, 9.17) is 4.42 Å². The highest BCUT2D eigenvalue weighted by molar-refractivity contribution is 5.71. The predicted molar refractivity (Wildman–Crippen MR) is 51.5 cm³/mol. The summed E-state index contributed by atoms with van der Waals surface area (Å²) in [5.74, 6) is 1.07. The summed E-state index contributed by atoms with van der Waals surface area (Å²) >= 11 is 0. The number of nitrogens with zero attached hydrogens (tertiary/aromatic N) is 1. The van der Waals surface area contributed by atoms with Crippen LogP contribution < -0.4 is 4.90 Å². The van der Waals surface area contributed by atoms with Gasteiger partial charge in [-0.3, -0.25) is 4.79 Å². The van der Waals surface area contributed by atoms with Gasteiger partial charge in [-0.25, -0.2) is 0 Å². The van der Waals surface area contributed by atoms with Crippen LogP contribution in [-0.4, -0.2) is 30.6 Å². The van der Waals surface area contributed by atoms with E-state index >= 15 is 0 Å². The first-order valence-corrected chi connectivity index (χ1v) is 4.77. The lowest BCUT2D eigenvalue weighted by atomic mass is 10.1. The number of rotatable bonds is 2. The minimum absolute atomic E-state index is 0.188. The molecule has 1 aliphatic heterocycles. The van der Waals surface area contributed by atoms with E-state index in [1.165, 1.54) is 0 Å². The van der Waals surface area contributed by atoms with E-state index in [-0.39, 0.29) is 6.10 Å². The molecule has 76 valence electrons. The summed E-state index contributed by atoms with van der Waals surface area (Å²) in [5.41, 5.74) is 0. The molecule has 0 bridgehead atoms. The normalized spacial score (nSPS) is 18.5. The van der Waals surface area contributed by atoms with E-state index in [9.17, 15) is 9.90 Å². The quantitative estimate of drug-likeness (QED) is 0.717. The lowest BCUT2D eigenvalue weighted by molar-refractivity contribution is 0.109. The maximum atomic E-state index is 10.4. The van der Waals surface area contributed by atoms with Gasteiger partial charge in [-0.15, -0.1) is 0 Å². The minimum Gasteiger partial charge on any atom is -0.438 e. The highest BCUT2D eigenvalue weighted by atomic mass is 16.4. The number of hydrogen-bond acceptors (Lipinski definition) is 4. The molecule has 1 aliphatic rings. The van der Waals surface area contributed by atoms with Gasteiger partial charge in [0, 0.05) is 19.2 Å². The van der Waals surface area contributed by atoms with Crippen molar-refractivity contribution in [1.82, 2.24) is 0 Å². The third kappa shape index (κ3) is 1.80.